The molecule has 0 bridgehead atoms. The van der Waals surface area contributed by atoms with Gasteiger partial charge in [-0.25, -0.2) is 0 Å². The van der Waals surface area contributed by atoms with E-state index < -0.39 is 4.92 Å². The van der Waals surface area contributed by atoms with Gasteiger partial charge in [0.25, 0.3) is 11.6 Å². The minimum absolute atomic E-state index is 0.00554. The topological polar surface area (TPSA) is 96.2 Å². The first-order valence-corrected chi connectivity index (χ1v) is 13.5. The van der Waals surface area contributed by atoms with Crippen LogP contribution in [0, 0.1) is 10.1 Å². The molecular formula is C28H30N4O5S. The van der Waals surface area contributed by atoms with E-state index in [1.165, 1.54) is 28.6 Å². The van der Waals surface area contributed by atoms with Crippen LogP contribution < -0.4 is 4.74 Å². The number of thiophene rings is 1. The third-order valence-corrected chi connectivity index (χ3v) is 8.38. The standard InChI is InChI=1S/C28H30N4O5S/c1-19-17-29(13-14-31(19)28(34)21-4-3-5-22(16-21)32(35)36)26(33)18-30-12-10-25-24(11-15-38-25)27(30)20-6-8-23(37-2)9-7-20/h3-9,11,15-16,19,27H,10,12-14,17-18H2,1-2H3/t19-,27+/m1/s1. The lowest BCUT2D eigenvalue weighted by Crippen LogP contribution is -2.57. The summed E-state index contributed by atoms with van der Waals surface area (Å²) in [5, 5.41) is 13.2. The Kier molecular flexibility index (Phi) is 7.44. The summed E-state index contributed by atoms with van der Waals surface area (Å²) in [4.78, 5) is 44.3. The van der Waals surface area contributed by atoms with E-state index in [-0.39, 0.29) is 41.7 Å². The highest BCUT2D eigenvalue weighted by atomic mass is 32.1. The fourth-order valence-electron chi connectivity index (χ4n) is 5.39. The maximum absolute atomic E-state index is 13.5. The van der Waals surface area contributed by atoms with Gasteiger partial charge in [-0.15, -0.1) is 11.3 Å². The van der Waals surface area contributed by atoms with Crippen molar-refractivity contribution in [3.8, 4) is 5.75 Å². The van der Waals surface area contributed by atoms with Crippen LogP contribution in [-0.2, 0) is 11.2 Å². The Labute approximate surface area is 225 Å². The van der Waals surface area contributed by atoms with Gasteiger partial charge in [-0.1, -0.05) is 18.2 Å². The molecule has 198 valence electrons. The van der Waals surface area contributed by atoms with Crippen molar-refractivity contribution < 1.29 is 19.2 Å². The number of nitrogens with zero attached hydrogens (tertiary/aromatic N) is 4. The predicted molar refractivity (Wildman–Crippen MR) is 145 cm³/mol. The second kappa shape index (κ2) is 10.9. The van der Waals surface area contributed by atoms with Gasteiger partial charge in [-0.2, -0.15) is 0 Å². The Bertz CT molecular complexity index is 1340. The summed E-state index contributed by atoms with van der Waals surface area (Å²) in [5.41, 5.74) is 2.55. The molecule has 0 spiro atoms. The van der Waals surface area contributed by atoms with E-state index in [0.717, 1.165) is 24.3 Å². The van der Waals surface area contributed by atoms with Crippen LogP contribution in [0.15, 0.2) is 60.0 Å². The molecule has 1 saturated heterocycles. The Morgan fingerprint density at radius 2 is 1.89 bits per heavy atom. The van der Waals surface area contributed by atoms with Gasteiger partial charge < -0.3 is 14.5 Å². The Morgan fingerprint density at radius 3 is 2.61 bits per heavy atom. The maximum atomic E-state index is 13.5. The van der Waals surface area contributed by atoms with E-state index in [1.54, 1.807) is 29.4 Å². The molecule has 0 unspecified atom stereocenters. The largest absolute Gasteiger partial charge is 0.497 e. The van der Waals surface area contributed by atoms with Gasteiger partial charge in [-0.05, 0) is 54.1 Å². The molecule has 0 N–H and O–H groups in total. The highest BCUT2D eigenvalue weighted by Gasteiger charge is 2.35. The third kappa shape index (κ3) is 5.14. The smallest absolute Gasteiger partial charge is 0.270 e. The van der Waals surface area contributed by atoms with Crippen molar-refractivity contribution in [2.45, 2.75) is 25.4 Å². The van der Waals surface area contributed by atoms with Crippen LogP contribution in [0.1, 0.15) is 39.3 Å². The molecule has 3 heterocycles. The Hall–Kier alpha value is -3.76. The van der Waals surface area contributed by atoms with Crippen molar-refractivity contribution in [3.63, 3.8) is 0 Å². The average Bonchev–Trinajstić information content (AvgIpc) is 3.41. The molecular weight excluding hydrogens is 504 g/mol. The molecule has 1 fully saturated rings. The molecule has 5 rings (SSSR count). The van der Waals surface area contributed by atoms with Crippen LogP contribution in [0.25, 0.3) is 0 Å². The summed E-state index contributed by atoms with van der Waals surface area (Å²) in [6.07, 6.45) is 0.912. The molecule has 3 aromatic rings. The van der Waals surface area contributed by atoms with Gasteiger partial charge in [0.05, 0.1) is 24.6 Å². The van der Waals surface area contributed by atoms with Crippen LogP contribution in [-0.4, -0.2) is 77.3 Å². The first-order valence-electron chi connectivity index (χ1n) is 12.6. The molecule has 10 heteroatoms. The first kappa shape index (κ1) is 25.9. The van der Waals surface area contributed by atoms with Gasteiger partial charge in [0.1, 0.15) is 5.75 Å². The van der Waals surface area contributed by atoms with E-state index in [1.807, 2.05) is 24.0 Å². The predicted octanol–water partition coefficient (Wildman–Crippen LogP) is 3.99. The number of hydrogen-bond acceptors (Lipinski definition) is 7. The quantitative estimate of drug-likeness (QED) is 0.351. The Balaban J connectivity index is 1.27. The first-order chi connectivity index (χ1) is 18.4. The summed E-state index contributed by atoms with van der Waals surface area (Å²) in [6, 6.07) is 15.8. The molecule has 2 aliphatic rings. The molecule has 0 saturated carbocycles. The summed E-state index contributed by atoms with van der Waals surface area (Å²) in [6.45, 7) is 4.21. The highest BCUT2D eigenvalue weighted by Crippen LogP contribution is 2.38. The van der Waals surface area contributed by atoms with Crippen molar-refractivity contribution in [1.82, 2.24) is 14.7 Å². The van der Waals surface area contributed by atoms with Crippen LogP contribution in [0.4, 0.5) is 5.69 Å². The lowest BCUT2D eigenvalue weighted by Gasteiger charge is -2.42. The maximum Gasteiger partial charge on any atom is 0.270 e. The number of non-ortho nitro benzene ring substituents is 1. The van der Waals surface area contributed by atoms with E-state index in [2.05, 4.69) is 28.5 Å². The average molecular weight is 535 g/mol. The van der Waals surface area contributed by atoms with E-state index in [9.17, 15) is 19.7 Å². The van der Waals surface area contributed by atoms with Crippen molar-refractivity contribution in [2.24, 2.45) is 0 Å². The molecule has 2 atom stereocenters. The molecule has 0 aliphatic carbocycles. The number of nitro groups is 1. The molecule has 1 aromatic heterocycles. The lowest BCUT2D eigenvalue weighted by atomic mass is 9.93. The van der Waals surface area contributed by atoms with Crippen molar-refractivity contribution in [2.75, 3.05) is 39.8 Å². The van der Waals surface area contributed by atoms with E-state index in [0.29, 0.717) is 19.6 Å². The number of piperazine rings is 1. The monoisotopic (exact) mass is 534 g/mol. The molecule has 2 amide bonds. The number of fused-ring (bicyclic) bond motifs is 1. The van der Waals surface area contributed by atoms with Crippen LogP contribution in [0.3, 0.4) is 0 Å². The minimum Gasteiger partial charge on any atom is -0.497 e. The number of nitro benzene ring substituents is 1. The summed E-state index contributed by atoms with van der Waals surface area (Å²) >= 11 is 1.76. The number of ether oxygens (including phenoxy) is 1. The summed E-state index contributed by atoms with van der Waals surface area (Å²) in [7, 11) is 1.65. The zero-order chi connectivity index (χ0) is 26.8. The molecule has 9 nitrogen and oxygen atoms in total. The van der Waals surface area contributed by atoms with Crippen LogP contribution >= 0.6 is 11.3 Å². The number of hydrogen-bond donors (Lipinski definition) is 0. The highest BCUT2D eigenvalue weighted by molar-refractivity contribution is 7.10. The van der Waals surface area contributed by atoms with Crippen molar-refractivity contribution >= 4 is 28.8 Å². The second-order valence-electron chi connectivity index (χ2n) is 9.69. The molecule has 0 radical (unpaired) electrons. The normalized spacial score (nSPS) is 19.6. The second-order valence-corrected chi connectivity index (χ2v) is 10.7. The van der Waals surface area contributed by atoms with E-state index in [4.69, 9.17) is 4.74 Å². The lowest BCUT2D eigenvalue weighted by molar-refractivity contribution is -0.384. The van der Waals surface area contributed by atoms with Gasteiger partial charge in [0.15, 0.2) is 0 Å². The number of carbonyl (C=O) groups is 2. The molecule has 2 aromatic carbocycles. The van der Waals surface area contributed by atoms with Crippen molar-refractivity contribution in [1.29, 1.82) is 0 Å². The molecule has 38 heavy (non-hydrogen) atoms. The number of methoxy groups -OCH3 is 1. The van der Waals surface area contributed by atoms with Crippen LogP contribution in [0.5, 0.6) is 5.75 Å². The third-order valence-electron chi connectivity index (χ3n) is 7.38. The van der Waals surface area contributed by atoms with Gasteiger partial charge in [0.2, 0.25) is 5.91 Å². The van der Waals surface area contributed by atoms with Gasteiger partial charge in [0, 0.05) is 54.8 Å². The van der Waals surface area contributed by atoms with Crippen molar-refractivity contribution in [3.05, 3.63) is 91.7 Å². The number of rotatable bonds is 6. The van der Waals surface area contributed by atoms with Crippen LogP contribution in [0.2, 0.25) is 0 Å². The Morgan fingerprint density at radius 1 is 1.11 bits per heavy atom. The van der Waals surface area contributed by atoms with E-state index >= 15 is 0 Å². The molecule has 2 aliphatic heterocycles. The number of amides is 2. The zero-order valence-corrected chi connectivity index (χ0v) is 22.2. The minimum atomic E-state index is -0.504. The van der Waals surface area contributed by atoms with Gasteiger partial charge >= 0.3 is 0 Å². The summed E-state index contributed by atoms with van der Waals surface area (Å²) in [5.74, 6) is 0.578. The summed E-state index contributed by atoms with van der Waals surface area (Å²) < 4.78 is 5.33. The fraction of sp³-hybridized carbons (Fsp3) is 0.357. The SMILES string of the molecule is COc1ccc([C@H]2c3ccsc3CCN2CC(=O)N2CCN(C(=O)c3cccc([N+](=O)[O-])c3)[C@H](C)C2)cc1. The number of carbonyl (C=O) groups excluding carboxylic acids is 2. The fourth-order valence-corrected chi connectivity index (χ4v) is 6.30. The zero-order valence-electron chi connectivity index (χ0n) is 21.4. The van der Waals surface area contributed by atoms with Gasteiger partial charge in [-0.3, -0.25) is 24.6 Å². The number of benzene rings is 2.